The monoisotopic (exact) mass is 257 g/mol. The van der Waals surface area contributed by atoms with Crippen LogP contribution in [0.3, 0.4) is 0 Å². The van der Waals surface area contributed by atoms with Crippen molar-refractivity contribution in [1.82, 2.24) is 4.98 Å². The Bertz CT molecular complexity index is 542. The van der Waals surface area contributed by atoms with E-state index in [2.05, 4.69) is 11.1 Å². The second-order valence-corrected chi connectivity index (χ2v) is 5.27. The van der Waals surface area contributed by atoms with Gasteiger partial charge in [-0.05, 0) is 49.8 Å². The van der Waals surface area contributed by atoms with Gasteiger partial charge in [-0.15, -0.1) is 0 Å². The fraction of sp³-hybridized carbons (Fsp3) is 0.438. The molecule has 0 amide bonds. The van der Waals surface area contributed by atoms with Crippen molar-refractivity contribution in [3.05, 3.63) is 36.5 Å². The molecule has 1 aromatic carbocycles. The number of pyridine rings is 1. The van der Waals surface area contributed by atoms with Crippen LogP contribution in [0.1, 0.15) is 25.7 Å². The van der Waals surface area contributed by atoms with Gasteiger partial charge >= 0.3 is 0 Å². The zero-order valence-corrected chi connectivity index (χ0v) is 11.0. The second-order valence-electron chi connectivity index (χ2n) is 5.27. The van der Waals surface area contributed by atoms with E-state index in [4.69, 9.17) is 9.84 Å². The molecular weight excluding hydrogens is 238 g/mol. The molecule has 1 N–H and O–H groups in total. The van der Waals surface area contributed by atoms with Gasteiger partial charge in [-0.25, -0.2) is 0 Å². The average Bonchev–Trinajstić information content (AvgIpc) is 2.48. The van der Waals surface area contributed by atoms with E-state index >= 15 is 0 Å². The van der Waals surface area contributed by atoms with Crippen molar-refractivity contribution in [2.24, 2.45) is 5.92 Å². The number of para-hydroxylation sites is 1. The predicted molar refractivity (Wildman–Crippen MR) is 75.2 cm³/mol. The minimum absolute atomic E-state index is 0.272. The first-order chi connectivity index (χ1) is 9.36. The van der Waals surface area contributed by atoms with Crippen LogP contribution in [-0.4, -0.2) is 22.8 Å². The van der Waals surface area contributed by atoms with Crippen molar-refractivity contribution in [1.29, 1.82) is 0 Å². The van der Waals surface area contributed by atoms with Crippen LogP contribution in [0.2, 0.25) is 0 Å². The molecule has 100 valence electrons. The first kappa shape index (κ1) is 12.4. The molecule has 0 unspecified atom stereocenters. The number of benzene rings is 1. The number of hydrogen-bond donors (Lipinski definition) is 1. The lowest BCUT2D eigenvalue weighted by molar-refractivity contribution is 0.105. The van der Waals surface area contributed by atoms with Gasteiger partial charge in [0.1, 0.15) is 5.75 Å². The highest BCUT2D eigenvalue weighted by molar-refractivity contribution is 5.84. The lowest BCUT2D eigenvalue weighted by Gasteiger charge is -2.28. The lowest BCUT2D eigenvalue weighted by Crippen LogP contribution is -2.25. The fourth-order valence-corrected chi connectivity index (χ4v) is 2.78. The maximum absolute atomic E-state index is 9.16. The van der Waals surface area contributed by atoms with E-state index in [1.54, 1.807) is 6.20 Å². The van der Waals surface area contributed by atoms with Gasteiger partial charge in [-0.3, -0.25) is 4.98 Å². The van der Waals surface area contributed by atoms with E-state index in [9.17, 15) is 0 Å². The van der Waals surface area contributed by atoms with Crippen LogP contribution >= 0.6 is 0 Å². The molecule has 3 heteroatoms. The normalized spacial score (nSPS) is 23.4. The molecule has 3 nitrogen and oxygen atoms in total. The smallest absolute Gasteiger partial charge is 0.130 e. The van der Waals surface area contributed by atoms with E-state index < -0.39 is 0 Å². The van der Waals surface area contributed by atoms with E-state index in [1.165, 1.54) is 0 Å². The van der Waals surface area contributed by atoms with Crippen LogP contribution in [0.25, 0.3) is 10.9 Å². The van der Waals surface area contributed by atoms with Crippen molar-refractivity contribution in [2.75, 3.05) is 6.61 Å². The summed E-state index contributed by atoms with van der Waals surface area (Å²) < 4.78 is 6.14. The third-order valence-corrected chi connectivity index (χ3v) is 3.95. The summed E-state index contributed by atoms with van der Waals surface area (Å²) in [6.07, 6.45) is 6.25. The predicted octanol–water partition coefficient (Wildman–Crippen LogP) is 3.16. The summed E-state index contributed by atoms with van der Waals surface area (Å²) >= 11 is 0. The van der Waals surface area contributed by atoms with Crippen LogP contribution in [0.15, 0.2) is 36.5 Å². The highest BCUT2D eigenvalue weighted by Crippen LogP contribution is 2.30. The summed E-state index contributed by atoms with van der Waals surface area (Å²) in [5, 5.41) is 10.2. The molecule has 1 heterocycles. The molecule has 0 atom stereocenters. The van der Waals surface area contributed by atoms with E-state index in [-0.39, 0.29) is 6.10 Å². The van der Waals surface area contributed by atoms with Gasteiger partial charge in [-0.1, -0.05) is 12.1 Å². The largest absolute Gasteiger partial charge is 0.490 e. The maximum atomic E-state index is 9.16. The van der Waals surface area contributed by atoms with Gasteiger partial charge in [-0.2, -0.15) is 0 Å². The van der Waals surface area contributed by atoms with Crippen LogP contribution in [0.5, 0.6) is 5.75 Å². The van der Waals surface area contributed by atoms with Crippen LogP contribution in [0.4, 0.5) is 0 Å². The van der Waals surface area contributed by atoms with Crippen LogP contribution in [-0.2, 0) is 0 Å². The van der Waals surface area contributed by atoms with Crippen LogP contribution < -0.4 is 4.74 Å². The number of hydrogen-bond acceptors (Lipinski definition) is 3. The zero-order chi connectivity index (χ0) is 13.1. The number of aliphatic hydroxyl groups excluding tert-OH is 1. The Kier molecular flexibility index (Phi) is 3.65. The van der Waals surface area contributed by atoms with Crippen LogP contribution in [0, 0.1) is 5.92 Å². The molecular formula is C16H19NO2. The highest BCUT2D eigenvalue weighted by Gasteiger charge is 2.22. The van der Waals surface area contributed by atoms with Crippen molar-refractivity contribution in [3.63, 3.8) is 0 Å². The third kappa shape index (κ3) is 2.71. The van der Waals surface area contributed by atoms with Gasteiger partial charge in [0.25, 0.3) is 0 Å². The Morgan fingerprint density at radius 1 is 1.11 bits per heavy atom. The number of rotatable bonds is 3. The molecule has 1 saturated carbocycles. The van der Waals surface area contributed by atoms with Crippen molar-refractivity contribution in [3.8, 4) is 5.75 Å². The number of nitrogens with zero attached hydrogens (tertiary/aromatic N) is 1. The molecule has 3 rings (SSSR count). The van der Waals surface area contributed by atoms with Gasteiger partial charge in [0.2, 0.25) is 0 Å². The Morgan fingerprint density at radius 2 is 1.89 bits per heavy atom. The first-order valence-electron chi connectivity index (χ1n) is 6.98. The molecule has 0 bridgehead atoms. The van der Waals surface area contributed by atoms with Gasteiger partial charge in [0.05, 0.1) is 11.6 Å². The first-order valence-corrected chi connectivity index (χ1v) is 6.98. The number of ether oxygens (including phenoxy) is 1. The van der Waals surface area contributed by atoms with E-state index in [0.717, 1.165) is 42.3 Å². The SMILES string of the molecule is OCC1CCC(Oc2ccnc3ccccc23)CC1. The summed E-state index contributed by atoms with van der Waals surface area (Å²) in [6.45, 7) is 0.310. The maximum Gasteiger partial charge on any atom is 0.130 e. The average molecular weight is 257 g/mol. The topological polar surface area (TPSA) is 42.4 Å². The molecule has 0 spiro atoms. The Morgan fingerprint density at radius 3 is 2.68 bits per heavy atom. The Balaban J connectivity index is 1.75. The molecule has 0 saturated heterocycles. The molecule has 0 aliphatic heterocycles. The Hall–Kier alpha value is -1.61. The number of fused-ring (bicyclic) bond motifs is 1. The van der Waals surface area contributed by atoms with Gasteiger partial charge in [0, 0.05) is 18.2 Å². The fourth-order valence-electron chi connectivity index (χ4n) is 2.78. The molecule has 2 aromatic rings. The lowest BCUT2D eigenvalue weighted by atomic mass is 9.88. The Labute approximate surface area is 113 Å². The van der Waals surface area contributed by atoms with Gasteiger partial charge in [0.15, 0.2) is 0 Å². The molecule has 1 aliphatic carbocycles. The molecule has 1 fully saturated rings. The quantitative estimate of drug-likeness (QED) is 0.918. The third-order valence-electron chi connectivity index (χ3n) is 3.95. The zero-order valence-electron chi connectivity index (χ0n) is 11.0. The minimum Gasteiger partial charge on any atom is -0.490 e. The summed E-state index contributed by atoms with van der Waals surface area (Å²) in [5.74, 6) is 1.40. The second kappa shape index (κ2) is 5.57. The standard InChI is InChI=1S/C16H19NO2/c18-11-12-5-7-13(8-6-12)19-16-9-10-17-15-4-2-1-3-14(15)16/h1-4,9-10,12-13,18H,5-8,11H2. The molecule has 1 aliphatic rings. The van der Waals surface area contributed by atoms with Crippen molar-refractivity contribution >= 4 is 10.9 Å². The highest BCUT2D eigenvalue weighted by atomic mass is 16.5. The van der Waals surface area contributed by atoms with E-state index in [0.29, 0.717) is 12.5 Å². The van der Waals surface area contributed by atoms with Crippen molar-refractivity contribution in [2.45, 2.75) is 31.8 Å². The summed E-state index contributed by atoms with van der Waals surface area (Å²) in [4.78, 5) is 4.35. The summed E-state index contributed by atoms with van der Waals surface area (Å²) in [7, 11) is 0. The molecule has 19 heavy (non-hydrogen) atoms. The number of aliphatic hydroxyl groups is 1. The number of aromatic nitrogens is 1. The molecule has 0 radical (unpaired) electrons. The van der Waals surface area contributed by atoms with Gasteiger partial charge < -0.3 is 9.84 Å². The summed E-state index contributed by atoms with van der Waals surface area (Å²) in [5.41, 5.74) is 0.976. The molecule has 1 aromatic heterocycles. The minimum atomic E-state index is 0.272. The van der Waals surface area contributed by atoms with E-state index in [1.807, 2.05) is 24.3 Å². The summed E-state index contributed by atoms with van der Waals surface area (Å²) in [6, 6.07) is 10.0. The van der Waals surface area contributed by atoms with Crippen molar-refractivity contribution < 1.29 is 9.84 Å².